The quantitative estimate of drug-likeness (QED) is 0.811. The second kappa shape index (κ2) is 7.02. The molecule has 4 nitrogen and oxygen atoms in total. The third-order valence-corrected chi connectivity index (χ3v) is 4.42. The Morgan fingerprint density at radius 2 is 2.00 bits per heavy atom. The minimum absolute atomic E-state index is 0.255. The van der Waals surface area contributed by atoms with Crippen LogP contribution in [0.4, 0.5) is 0 Å². The van der Waals surface area contributed by atoms with Gasteiger partial charge in [-0.1, -0.05) is 0 Å². The first-order valence-corrected chi connectivity index (χ1v) is 7.84. The maximum absolute atomic E-state index is 5.84. The Morgan fingerprint density at radius 1 is 1.26 bits per heavy atom. The van der Waals surface area contributed by atoms with Crippen molar-refractivity contribution >= 4 is 0 Å². The van der Waals surface area contributed by atoms with Gasteiger partial charge in [-0.05, 0) is 40.2 Å². The van der Waals surface area contributed by atoms with Gasteiger partial charge in [0, 0.05) is 51.4 Å². The normalized spacial score (nSPS) is 26.8. The third-order valence-electron chi connectivity index (χ3n) is 4.42. The number of nitrogens with one attached hydrogen (secondary N) is 1. The SMILES string of the molecule is CN(CC1CCCCO1)CC(C)(C)N1CCNCC1. The van der Waals surface area contributed by atoms with Crippen LogP contribution >= 0.6 is 0 Å². The Balaban J connectivity index is 1.77. The summed E-state index contributed by atoms with van der Waals surface area (Å²) >= 11 is 0. The van der Waals surface area contributed by atoms with Crippen molar-refractivity contribution < 1.29 is 4.74 Å². The summed E-state index contributed by atoms with van der Waals surface area (Å²) < 4.78 is 5.84. The van der Waals surface area contributed by atoms with E-state index in [0.29, 0.717) is 6.10 Å². The van der Waals surface area contributed by atoms with Gasteiger partial charge in [0.25, 0.3) is 0 Å². The molecular weight excluding hydrogens is 238 g/mol. The molecule has 0 aliphatic carbocycles. The molecule has 1 N–H and O–H groups in total. The van der Waals surface area contributed by atoms with Crippen LogP contribution in [0.5, 0.6) is 0 Å². The maximum Gasteiger partial charge on any atom is 0.0701 e. The summed E-state index contributed by atoms with van der Waals surface area (Å²) in [5.74, 6) is 0. The number of piperazine rings is 1. The summed E-state index contributed by atoms with van der Waals surface area (Å²) in [6.07, 6.45) is 4.27. The summed E-state index contributed by atoms with van der Waals surface area (Å²) in [5.41, 5.74) is 0.255. The van der Waals surface area contributed by atoms with Crippen molar-refractivity contribution in [1.82, 2.24) is 15.1 Å². The van der Waals surface area contributed by atoms with Crippen molar-refractivity contribution in [2.45, 2.75) is 44.8 Å². The summed E-state index contributed by atoms with van der Waals surface area (Å²) in [6.45, 7) is 12.5. The number of nitrogens with zero attached hydrogens (tertiary/aromatic N) is 2. The predicted molar refractivity (Wildman–Crippen MR) is 79.6 cm³/mol. The maximum atomic E-state index is 5.84. The Labute approximate surface area is 118 Å². The van der Waals surface area contributed by atoms with E-state index in [1.807, 2.05) is 0 Å². The van der Waals surface area contributed by atoms with Gasteiger partial charge in [-0.3, -0.25) is 4.90 Å². The van der Waals surface area contributed by atoms with E-state index in [9.17, 15) is 0 Å². The molecule has 2 saturated heterocycles. The number of hydrogen-bond acceptors (Lipinski definition) is 4. The lowest BCUT2D eigenvalue weighted by molar-refractivity contribution is -0.0122. The molecule has 1 unspecified atom stereocenters. The largest absolute Gasteiger partial charge is 0.377 e. The molecule has 0 aromatic heterocycles. The molecule has 2 heterocycles. The molecule has 0 spiro atoms. The second-order valence-corrected chi connectivity index (χ2v) is 6.73. The molecule has 0 aromatic carbocycles. The average molecular weight is 269 g/mol. The van der Waals surface area contributed by atoms with Crippen molar-refractivity contribution in [2.24, 2.45) is 0 Å². The van der Waals surface area contributed by atoms with Gasteiger partial charge >= 0.3 is 0 Å². The molecule has 2 aliphatic rings. The number of ether oxygens (including phenoxy) is 1. The highest BCUT2D eigenvalue weighted by Crippen LogP contribution is 2.18. The van der Waals surface area contributed by atoms with Crippen LogP contribution in [0.3, 0.4) is 0 Å². The highest BCUT2D eigenvalue weighted by atomic mass is 16.5. The minimum Gasteiger partial charge on any atom is -0.377 e. The fourth-order valence-electron chi connectivity index (χ4n) is 3.39. The number of hydrogen-bond donors (Lipinski definition) is 1. The fraction of sp³-hybridized carbons (Fsp3) is 1.00. The lowest BCUT2D eigenvalue weighted by Gasteiger charge is -2.43. The highest BCUT2D eigenvalue weighted by molar-refractivity contribution is 4.87. The van der Waals surface area contributed by atoms with E-state index in [1.54, 1.807) is 0 Å². The summed E-state index contributed by atoms with van der Waals surface area (Å²) in [4.78, 5) is 5.07. The van der Waals surface area contributed by atoms with E-state index < -0.39 is 0 Å². The zero-order valence-electron chi connectivity index (χ0n) is 13.0. The molecule has 1 atom stereocenters. The molecule has 0 aromatic rings. The van der Waals surface area contributed by atoms with Gasteiger partial charge < -0.3 is 15.0 Å². The molecule has 0 bridgehead atoms. The summed E-state index contributed by atoms with van der Waals surface area (Å²) in [7, 11) is 2.24. The lowest BCUT2D eigenvalue weighted by atomic mass is 10.0. The Morgan fingerprint density at radius 3 is 2.63 bits per heavy atom. The third kappa shape index (κ3) is 4.71. The molecule has 0 saturated carbocycles. The molecule has 2 fully saturated rings. The smallest absolute Gasteiger partial charge is 0.0701 e. The molecule has 112 valence electrons. The highest BCUT2D eigenvalue weighted by Gasteiger charge is 2.29. The van der Waals surface area contributed by atoms with E-state index in [1.165, 1.54) is 32.4 Å². The van der Waals surface area contributed by atoms with E-state index >= 15 is 0 Å². The van der Waals surface area contributed by atoms with Crippen LogP contribution in [0.25, 0.3) is 0 Å². The Kier molecular flexibility index (Phi) is 5.63. The minimum atomic E-state index is 0.255. The predicted octanol–water partition coefficient (Wildman–Crippen LogP) is 1.17. The monoisotopic (exact) mass is 269 g/mol. The Hall–Kier alpha value is -0.160. The first kappa shape index (κ1) is 15.2. The van der Waals surface area contributed by atoms with E-state index in [0.717, 1.165) is 32.8 Å². The van der Waals surface area contributed by atoms with E-state index in [4.69, 9.17) is 4.74 Å². The van der Waals surface area contributed by atoms with Crippen LogP contribution < -0.4 is 5.32 Å². The zero-order chi connectivity index (χ0) is 13.7. The first-order valence-electron chi connectivity index (χ1n) is 7.84. The summed E-state index contributed by atoms with van der Waals surface area (Å²) in [6, 6.07) is 0. The van der Waals surface area contributed by atoms with E-state index in [2.05, 4.69) is 36.0 Å². The van der Waals surface area contributed by atoms with E-state index in [-0.39, 0.29) is 5.54 Å². The molecule has 2 aliphatic heterocycles. The van der Waals surface area contributed by atoms with Crippen LogP contribution in [0.2, 0.25) is 0 Å². The molecule has 2 rings (SSSR count). The van der Waals surface area contributed by atoms with Gasteiger partial charge in [0.2, 0.25) is 0 Å². The lowest BCUT2D eigenvalue weighted by Crippen LogP contribution is -2.57. The topological polar surface area (TPSA) is 27.7 Å². The zero-order valence-corrected chi connectivity index (χ0v) is 13.0. The first-order chi connectivity index (χ1) is 9.08. The van der Waals surface area contributed by atoms with Crippen molar-refractivity contribution in [3.63, 3.8) is 0 Å². The average Bonchev–Trinajstić information content (AvgIpc) is 2.40. The van der Waals surface area contributed by atoms with Crippen LogP contribution in [-0.2, 0) is 4.74 Å². The molecule has 0 amide bonds. The van der Waals surface area contributed by atoms with Gasteiger partial charge in [-0.2, -0.15) is 0 Å². The number of rotatable bonds is 5. The molecule has 0 radical (unpaired) electrons. The van der Waals surface area contributed by atoms with Crippen molar-refractivity contribution in [3.05, 3.63) is 0 Å². The Bertz CT molecular complexity index is 258. The van der Waals surface area contributed by atoms with Gasteiger partial charge in [0.15, 0.2) is 0 Å². The van der Waals surface area contributed by atoms with Crippen LogP contribution in [-0.4, -0.2) is 74.4 Å². The van der Waals surface area contributed by atoms with Crippen molar-refractivity contribution in [3.8, 4) is 0 Å². The second-order valence-electron chi connectivity index (χ2n) is 6.73. The van der Waals surface area contributed by atoms with Crippen LogP contribution in [0, 0.1) is 0 Å². The van der Waals surface area contributed by atoms with Gasteiger partial charge in [-0.25, -0.2) is 0 Å². The molecular formula is C15H31N3O. The van der Waals surface area contributed by atoms with Crippen molar-refractivity contribution in [2.75, 3.05) is 52.9 Å². The number of likely N-dealkylation sites (N-methyl/N-ethyl adjacent to an activating group) is 1. The standard InChI is InChI=1S/C15H31N3O/c1-15(2,18-9-7-16-8-10-18)13-17(3)12-14-6-4-5-11-19-14/h14,16H,4-13H2,1-3H3. The fourth-order valence-corrected chi connectivity index (χ4v) is 3.39. The molecule has 19 heavy (non-hydrogen) atoms. The molecule has 4 heteroatoms. The summed E-state index contributed by atoms with van der Waals surface area (Å²) in [5, 5.41) is 3.43. The van der Waals surface area contributed by atoms with Crippen LogP contribution in [0.15, 0.2) is 0 Å². The van der Waals surface area contributed by atoms with Crippen molar-refractivity contribution in [1.29, 1.82) is 0 Å². The van der Waals surface area contributed by atoms with Gasteiger partial charge in [0.1, 0.15) is 0 Å². The van der Waals surface area contributed by atoms with Crippen LogP contribution in [0.1, 0.15) is 33.1 Å². The van der Waals surface area contributed by atoms with Gasteiger partial charge in [0.05, 0.1) is 6.10 Å². The van der Waals surface area contributed by atoms with Gasteiger partial charge in [-0.15, -0.1) is 0 Å².